The molecule has 0 aliphatic rings. The van der Waals surface area contributed by atoms with Crippen LogP contribution >= 0.6 is 0 Å². The van der Waals surface area contributed by atoms with E-state index in [9.17, 15) is 4.79 Å². The lowest BCUT2D eigenvalue weighted by molar-refractivity contribution is 0.0945. The second kappa shape index (κ2) is 7.33. The summed E-state index contributed by atoms with van der Waals surface area (Å²) in [4.78, 5) is 24.7. The molecule has 0 spiro atoms. The van der Waals surface area contributed by atoms with Gasteiger partial charge < -0.3 is 10.6 Å². The molecule has 2 aromatic heterocycles. The zero-order valence-corrected chi connectivity index (χ0v) is 12.3. The summed E-state index contributed by atoms with van der Waals surface area (Å²) >= 11 is 0. The van der Waals surface area contributed by atoms with Gasteiger partial charge in [-0.25, -0.2) is 4.98 Å². The van der Waals surface area contributed by atoms with E-state index in [4.69, 9.17) is 0 Å². The summed E-state index contributed by atoms with van der Waals surface area (Å²) in [6, 6.07) is 5.71. The van der Waals surface area contributed by atoms with Crippen molar-refractivity contribution in [1.82, 2.24) is 20.3 Å². The van der Waals surface area contributed by atoms with E-state index in [1.165, 1.54) is 6.20 Å². The number of carbonyl (C=O) groups is 1. The Morgan fingerprint density at radius 1 is 1.24 bits per heavy atom. The van der Waals surface area contributed by atoms with Crippen molar-refractivity contribution in [3.05, 3.63) is 47.7 Å². The van der Waals surface area contributed by atoms with E-state index in [0.29, 0.717) is 18.1 Å². The molecule has 0 saturated heterocycles. The molecule has 0 unspecified atom stereocenters. The van der Waals surface area contributed by atoms with Gasteiger partial charge >= 0.3 is 0 Å². The summed E-state index contributed by atoms with van der Waals surface area (Å²) in [6.07, 6.45) is 4.04. The van der Waals surface area contributed by atoms with Crippen molar-refractivity contribution in [3.8, 4) is 0 Å². The Hall–Kier alpha value is -2.50. The molecule has 2 heterocycles. The van der Waals surface area contributed by atoms with Crippen molar-refractivity contribution in [2.45, 2.75) is 26.8 Å². The Kier molecular flexibility index (Phi) is 5.20. The first-order valence-electron chi connectivity index (χ1n) is 6.95. The summed E-state index contributed by atoms with van der Waals surface area (Å²) in [5.74, 6) is 0.351. The Balaban J connectivity index is 1.96. The number of nitrogens with one attached hydrogen (secondary N) is 2. The summed E-state index contributed by atoms with van der Waals surface area (Å²) in [5, 5.41) is 5.90. The summed E-state index contributed by atoms with van der Waals surface area (Å²) in [7, 11) is 0. The molecule has 0 bridgehead atoms. The van der Waals surface area contributed by atoms with Crippen molar-refractivity contribution < 1.29 is 4.79 Å². The summed E-state index contributed by atoms with van der Waals surface area (Å²) < 4.78 is 0. The molecule has 1 amide bonds. The minimum atomic E-state index is -0.258. The highest BCUT2D eigenvalue weighted by atomic mass is 16.1. The maximum atomic E-state index is 12.1. The van der Waals surface area contributed by atoms with Gasteiger partial charge in [0.25, 0.3) is 5.91 Å². The first-order chi connectivity index (χ1) is 10.2. The molecule has 0 saturated carbocycles. The Morgan fingerprint density at radius 3 is 2.86 bits per heavy atom. The predicted octanol–water partition coefficient (Wildman–Crippen LogP) is 1.93. The summed E-state index contributed by atoms with van der Waals surface area (Å²) in [5.41, 5.74) is 2.03. The van der Waals surface area contributed by atoms with Gasteiger partial charge in [-0.3, -0.25) is 14.8 Å². The minimum Gasteiger partial charge on any atom is -0.369 e. The lowest BCUT2D eigenvalue weighted by Gasteiger charge is -2.07. The lowest BCUT2D eigenvalue weighted by Crippen LogP contribution is -2.24. The van der Waals surface area contributed by atoms with E-state index >= 15 is 0 Å². The lowest BCUT2D eigenvalue weighted by atomic mass is 10.3. The molecule has 2 rings (SSSR count). The average Bonchev–Trinajstić information content (AvgIpc) is 2.51. The molecule has 0 aliphatic heterocycles. The number of carbonyl (C=O) groups excluding carboxylic acids is 1. The molecule has 2 N–H and O–H groups in total. The molecule has 21 heavy (non-hydrogen) atoms. The first kappa shape index (κ1) is 14.9. The fourth-order valence-electron chi connectivity index (χ4n) is 1.77. The molecular formula is C15H19N5O. The van der Waals surface area contributed by atoms with E-state index in [1.807, 2.05) is 25.1 Å². The Bertz CT molecular complexity index is 615. The number of aryl methyl sites for hydroxylation is 1. The van der Waals surface area contributed by atoms with Crippen LogP contribution in [0.5, 0.6) is 0 Å². The molecule has 110 valence electrons. The van der Waals surface area contributed by atoms with Gasteiger partial charge in [0.05, 0.1) is 24.6 Å². The molecule has 0 aromatic carbocycles. The van der Waals surface area contributed by atoms with Crippen LogP contribution in [0.2, 0.25) is 0 Å². The second-order valence-corrected chi connectivity index (χ2v) is 4.67. The minimum absolute atomic E-state index is 0.258. The highest BCUT2D eigenvalue weighted by Gasteiger charge is 2.08. The van der Waals surface area contributed by atoms with E-state index in [1.54, 1.807) is 6.20 Å². The van der Waals surface area contributed by atoms with Gasteiger partial charge in [-0.2, -0.15) is 0 Å². The highest BCUT2D eigenvalue weighted by molar-refractivity contribution is 5.92. The third kappa shape index (κ3) is 4.52. The smallest absolute Gasteiger partial charge is 0.271 e. The van der Waals surface area contributed by atoms with Gasteiger partial charge in [0.1, 0.15) is 11.5 Å². The standard InChI is InChI=1S/C15H19N5O/c1-3-7-17-14-10-16-9-13(20-14)15(21)18-8-12-6-4-5-11(2)19-12/h4-6,9-10H,3,7-8H2,1-2H3,(H,17,20)(H,18,21). The van der Waals surface area contributed by atoms with E-state index in [2.05, 4.69) is 32.5 Å². The van der Waals surface area contributed by atoms with Crippen LogP contribution in [0.1, 0.15) is 35.2 Å². The fourth-order valence-corrected chi connectivity index (χ4v) is 1.77. The van der Waals surface area contributed by atoms with Crippen LogP contribution < -0.4 is 10.6 Å². The van der Waals surface area contributed by atoms with E-state index < -0.39 is 0 Å². The number of hydrogen-bond donors (Lipinski definition) is 2. The van der Waals surface area contributed by atoms with Crippen LogP contribution in [-0.2, 0) is 6.54 Å². The first-order valence-corrected chi connectivity index (χ1v) is 6.95. The summed E-state index contributed by atoms with van der Waals surface area (Å²) in [6.45, 7) is 5.15. The van der Waals surface area contributed by atoms with Gasteiger partial charge in [0.2, 0.25) is 0 Å². The normalized spacial score (nSPS) is 10.2. The van der Waals surface area contributed by atoms with E-state index in [-0.39, 0.29) is 5.91 Å². The van der Waals surface area contributed by atoms with Gasteiger partial charge in [-0.05, 0) is 25.5 Å². The molecule has 0 radical (unpaired) electrons. The number of aromatic nitrogens is 3. The maximum absolute atomic E-state index is 12.1. The van der Waals surface area contributed by atoms with Gasteiger partial charge in [-0.1, -0.05) is 13.0 Å². The van der Waals surface area contributed by atoms with Crippen molar-refractivity contribution in [2.75, 3.05) is 11.9 Å². The quantitative estimate of drug-likeness (QED) is 0.847. The van der Waals surface area contributed by atoms with Crippen LogP contribution in [0.15, 0.2) is 30.6 Å². The average molecular weight is 285 g/mol. The van der Waals surface area contributed by atoms with Crippen molar-refractivity contribution in [1.29, 1.82) is 0 Å². The van der Waals surface area contributed by atoms with Crippen LogP contribution in [-0.4, -0.2) is 27.4 Å². The number of rotatable bonds is 6. The number of amides is 1. The molecule has 6 nitrogen and oxygen atoms in total. The predicted molar refractivity (Wildman–Crippen MR) is 81.0 cm³/mol. The van der Waals surface area contributed by atoms with Gasteiger partial charge in [-0.15, -0.1) is 0 Å². The molecule has 6 heteroatoms. The second-order valence-electron chi connectivity index (χ2n) is 4.67. The van der Waals surface area contributed by atoms with Crippen LogP contribution in [0.4, 0.5) is 5.82 Å². The zero-order valence-electron chi connectivity index (χ0n) is 12.3. The highest BCUT2D eigenvalue weighted by Crippen LogP contribution is 2.03. The van der Waals surface area contributed by atoms with E-state index in [0.717, 1.165) is 24.4 Å². The topological polar surface area (TPSA) is 79.8 Å². The number of hydrogen-bond acceptors (Lipinski definition) is 5. The van der Waals surface area contributed by atoms with Crippen molar-refractivity contribution in [3.63, 3.8) is 0 Å². The van der Waals surface area contributed by atoms with Gasteiger partial charge in [0.15, 0.2) is 0 Å². The molecule has 0 aliphatic carbocycles. The third-order valence-corrected chi connectivity index (χ3v) is 2.80. The number of pyridine rings is 1. The largest absolute Gasteiger partial charge is 0.369 e. The maximum Gasteiger partial charge on any atom is 0.271 e. The molecule has 0 fully saturated rings. The van der Waals surface area contributed by atoms with Gasteiger partial charge in [0, 0.05) is 12.2 Å². The Morgan fingerprint density at radius 2 is 2.10 bits per heavy atom. The van der Waals surface area contributed by atoms with Crippen molar-refractivity contribution >= 4 is 11.7 Å². The van der Waals surface area contributed by atoms with Crippen molar-refractivity contribution in [2.24, 2.45) is 0 Å². The monoisotopic (exact) mass is 285 g/mol. The molecule has 2 aromatic rings. The fraction of sp³-hybridized carbons (Fsp3) is 0.333. The number of nitrogens with zero attached hydrogens (tertiary/aromatic N) is 3. The molecule has 0 atom stereocenters. The molecular weight excluding hydrogens is 266 g/mol. The van der Waals surface area contributed by atoms with Crippen LogP contribution in [0.3, 0.4) is 0 Å². The zero-order chi connectivity index (χ0) is 15.1. The Labute approximate surface area is 124 Å². The SMILES string of the molecule is CCCNc1cncc(C(=O)NCc2cccc(C)n2)n1. The van der Waals surface area contributed by atoms with Crippen LogP contribution in [0.25, 0.3) is 0 Å². The van der Waals surface area contributed by atoms with Crippen LogP contribution in [0, 0.1) is 6.92 Å². The third-order valence-electron chi connectivity index (χ3n) is 2.80. The number of anilines is 1.